The first-order valence-corrected chi connectivity index (χ1v) is 5.84. The normalized spacial score (nSPS) is 24.0. The largest absolute Gasteiger partial charge is 0.394 e. The highest BCUT2D eigenvalue weighted by Crippen LogP contribution is 2.13. The summed E-state index contributed by atoms with van der Waals surface area (Å²) in [5, 5.41) is 9.10. The highest BCUT2D eigenvalue weighted by molar-refractivity contribution is 5.93. The lowest BCUT2D eigenvalue weighted by Gasteiger charge is -2.36. The van der Waals surface area contributed by atoms with Crippen molar-refractivity contribution < 1.29 is 14.6 Å². The highest BCUT2D eigenvalue weighted by Gasteiger charge is 2.28. The number of pyridine rings is 1. The molecule has 2 rings (SSSR count). The number of aliphatic hydroxyl groups excluding tert-OH is 1. The zero-order valence-electron chi connectivity index (χ0n) is 10.1. The molecule has 98 valence electrons. The summed E-state index contributed by atoms with van der Waals surface area (Å²) < 4.78 is 5.47. The topological polar surface area (TPSA) is 82.6 Å². The molecule has 1 saturated heterocycles. The van der Waals surface area contributed by atoms with Gasteiger partial charge in [0.05, 0.1) is 24.4 Å². The monoisotopic (exact) mass is 252 g/mol. The first-order valence-electron chi connectivity index (χ1n) is 5.84. The minimum Gasteiger partial charge on any atom is -0.394 e. The van der Waals surface area contributed by atoms with E-state index < -0.39 is 0 Å². The van der Waals surface area contributed by atoms with E-state index in [4.69, 9.17) is 9.84 Å². The third-order valence-electron chi connectivity index (χ3n) is 2.85. The molecule has 0 bridgehead atoms. The summed E-state index contributed by atoms with van der Waals surface area (Å²) in [6, 6.07) is 2.82. The fourth-order valence-corrected chi connectivity index (χ4v) is 2.04. The standard InChI is InChI=1S/C12H16N2O4/c1-8-5-14(6-10(7-15)18-8)12(17)9-2-3-11(16)13-4-9/h2-4,8,10,15H,5-7H2,1H3,(H,13,16). The van der Waals surface area contributed by atoms with Crippen LogP contribution < -0.4 is 5.56 Å². The zero-order valence-corrected chi connectivity index (χ0v) is 10.1. The number of ether oxygens (including phenoxy) is 1. The summed E-state index contributed by atoms with van der Waals surface area (Å²) >= 11 is 0. The Kier molecular flexibility index (Phi) is 3.78. The molecule has 1 aliphatic rings. The van der Waals surface area contributed by atoms with Gasteiger partial charge in [-0.2, -0.15) is 0 Å². The minimum atomic E-state index is -0.347. The predicted molar refractivity (Wildman–Crippen MR) is 64.4 cm³/mol. The van der Waals surface area contributed by atoms with E-state index in [2.05, 4.69) is 4.98 Å². The number of carbonyl (C=O) groups excluding carboxylic acids is 1. The average Bonchev–Trinajstić information content (AvgIpc) is 2.38. The van der Waals surface area contributed by atoms with Crippen LogP contribution in [0, 0.1) is 0 Å². The number of H-pyrrole nitrogens is 1. The molecule has 0 radical (unpaired) electrons. The third-order valence-corrected chi connectivity index (χ3v) is 2.85. The van der Waals surface area contributed by atoms with Crippen molar-refractivity contribution in [2.24, 2.45) is 0 Å². The van der Waals surface area contributed by atoms with Gasteiger partial charge in [-0.1, -0.05) is 0 Å². The molecule has 0 spiro atoms. The fraction of sp³-hybridized carbons (Fsp3) is 0.500. The number of nitrogens with zero attached hydrogens (tertiary/aromatic N) is 1. The SMILES string of the molecule is CC1CN(C(=O)c2ccc(=O)[nH]c2)CC(CO)O1. The maximum absolute atomic E-state index is 12.2. The predicted octanol–water partition coefficient (Wildman–Crippen LogP) is -0.403. The van der Waals surface area contributed by atoms with Crippen LogP contribution in [0.15, 0.2) is 23.1 Å². The molecule has 18 heavy (non-hydrogen) atoms. The van der Waals surface area contributed by atoms with Gasteiger partial charge in [-0.3, -0.25) is 9.59 Å². The van der Waals surface area contributed by atoms with Crippen molar-refractivity contribution in [1.29, 1.82) is 0 Å². The van der Waals surface area contributed by atoms with Crippen molar-refractivity contribution in [3.05, 3.63) is 34.2 Å². The lowest BCUT2D eigenvalue weighted by molar-refractivity contribution is -0.0858. The minimum absolute atomic E-state index is 0.109. The summed E-state index contributed by atoms with van der Waals surface area (Å²) in [7, 11) is 0. The van der Waals surface area contributed by atoms with E-state index >= 15 is 0 Å². The van der Waals surface area contributed by atoms with E-state index in [1.807, 2.05) is 6.92 Å². The van der Waals surface area contributed by atoms with Crippen LogP contribution in [0.4, 0.5) is 0 Å². The first-order chi connectivity index (χ1) is 8.60. The molecule has 6 heteroatoms. The van der Waals surface area contributed by atoms with Gasteiger partial charge in [0.1, 0.15) is 0 Å². The molecule has 1 fully saturated rings. The molecule has 0 aromatic carbocycles. The Hall–Kier alpha value is -1.66. The van der Waals surface area contributed by atoms with Gasteiger partial charge in [-0.25, -0.2) is 0 Å². The smallest absolute Gasteiger partial charge is 0.255 e. The number of aromatic amines is 1. The molecule has 1 aromatic heterocycles. The number of morpholine rings is 1. The third kappa shape index (κ3) is 2.77. The number of hydrogen-bond donors (Lipinski definition) is 2. The molecule has 0 aliphatic carbocycles. The molecular weight excluding hydrogens is 236 g/mol. The lowest BCUT2D eigenvalue weighted by atomic mass is 10.2. The van der Waals surface area contributed by atoms with Gasteiger partial charge in [0.15, 0.2) is 0 Å². The van der Waals surface area contributed by atoms with Crippen molar-refractivity contribution in [2.75, 3.05) is 19.7 Å². The van der Waals surface area contributed by atoms with E-state index in [1.165, 1.54) is 18.3 Å². The maximum Gasteiger partial charge on any atom is 0.255 e. The summed E-state index contributed by atoms with van der Waals surface area (Å²) in [5.74, 6) is -0.167. The van der Waals surface area contributed by atoms with Crippen LogP contribution >= 0.6 is 0 Å². The molecule has 2 atom stereocenters. The second-order valence-electron chi connectivity index (χ2n) is 4.40. The van der Waals surface area contributed by atoms with Crippen LogP contribution in [0.2, 0.25) is 0 Å². The van der Waals surface area contributed by atoms with Crippen molar-refractivity contribution in [1.82, 2.24) is 9.88 Å². The van der Waals surface area contributed by atoms with Gasteiger partial charge in [0.25, 0.3) is 5.91 Å². The first kappa shape index (κ1) is 12.8. The number of carbonyl (C=O) groups is 1. The van der Waals surface area contributed by atoms with E-state index in [-0.39, 0.29) is 30.3 Å². The second kappa shape index (κ2) is 5.32. The van der Waals surface area contributed by atoms with Gasteiger partial charge in [0, 0.05) is 25.4 Å². The van der Waals surface area contributed by atoms with E-state index in [0.29, 0.717) is 18.7 Å². The highest BCUT2D eigenvalue weighted by atomic mass is 16.5. The number of aromatic nitrogens is 1. The van der Waals surface area contributed by atoms with E-state index in [9.17, 15) is 9.59 Å². The number of rotatable bonds is 2. The molecule has 6 nitrogen and oxygen atoms in total. The number of amides is 1. The van der Waals surface area contributed by atoms with Gasteiger partial charge in [-0.05, 0) is 13.0 Å². The molecule has 2 N–H and O–H groups in total. The van der Waals surface area contributed by atoms with Crippen LogP contribution in [0.1, 0.15) is 17.3 Å². The van der Waals surface area contributed by atoms with Crippen LogP contribution in [0.25, 0.3) is 0 Å². The molecule has 0 saturated carbocycles. The molecule has 1 aliphatic heterocycles. The summed E-state index contributed by atoms with van der Waals surface area (Å²) in [6.07, 6.45) is 0.946. The molecular formula is C12H16N2O4. The Bertz CT molecular complexity index is 465. The summed E-state index contributed by atoms with van der Waals surface area (Å²) in [4.78, 5) is 27.2. The molecule has 1 amide bonds. The van der Waals surface area contributed by atoms with Gasteiger partial charge in [-0.15, -0.1) is 0 Å². The Balaban J connectivity index is 2.12. The van der Waals surface area contributed by atoms with Crippen LogP contribution in [-0.2, 0) is 4.74 Å². The Morgan fingerprint density at radius 2 is 2.33 bits per heavy atom. The number of nitrogens with one attached hydrogen (secondary N) is 1. The lowest BCUT2D eigenvalue weighted by Crippen LogP contribution is -2.50. The quantitative estimate of drug-likeness (QED) is 0.750. The summed E-state index contributed by atoms with van der Waals surface area (Å²) in [5.41, 5.74) is 0.190. The van der Waals surface area contributed by atoms with Crippen molar-refractivity contribution in [3.8, 4) is 0 Å². The van der Waals surface area contributed by atoms with E-state index in [1.54, 1.807) is 4.90 Å². The van der Waals surface area contributed by atoms with Gasteiger partial charge < -0.3 is 19.7 Å². The number of aliphatic hydroxyl groups is 1. The van der Waals surface area contributed by atoms with Crippen LogP contribution in [0.5, 0.6) is 0 Å². The van der Waals surface area contributed by atoms with Crippen LogP contribution in [-0.4, -0.2) is 52.8 Å². The molecule has 2 heterocycles. The van der Waals surface area contributed by atoms with Crippen LogP contribution in [0.3, 0.4) is 0 Å². The summed E-state index contributed by atoms with van der Waals surface area (Å²) in [6.45, 7) is 2.59. The van der Waals surface area contributed by atoms with E-state index in [0.717, 1.165) is 0 Å². The molecule has 1 aromatic rings. The number of hydrogen-bond acceptors (Lipinski definition) is 4. The van der Waals surface area contributed by atoms with Crippen molar-refractivity contribution in [2.45, 2.75) is 19.1 Å². The Labute approximate surface area is 104 Å². The van der Waals surface area contributed by atoms with Gasteiger partial charge >= 0.3 is 0 Å². The molecule has 2 unspecified atom stereocenters. The fourth-order valence-electron chi connectivity index (χ4n) is 2.04. The average molecular weight is 252 g/mol. The second-order valence-corrected chi connectivity index (χ2v) is 4.40. The van der Waals surface area contributed by atoms with Crippen molar-refractivity contribution >= 4 is 5.91 Å². The van der Waals surface area contributed by atoms with Gasteiger partial charge in [0.2, 0.25) is 5.56 Å². The Morgan fingerprint density at radius 1 is 1.56 bits per heavy atom. The Morgan fingerprint density at radius 3 is 2.94 bits per heavy atom. The van der Waals surface area contributed by atoms with Crippen molar-refractivity contribution in [3.63, 3.8) is 0 Å². The zero-order chi connectivity index (χ0) is 13.1. The maximum atomic E-state index is 12.2.